The molecule has 1 aromatic carbocycles. The Hall–Kier alpha value is -2.85. The normalized spacial score (nSPS) is 15.9. The molecule has 3 N–H and O–H groups in total. The zero-order valence-corrected chi connectivity index (χ0v) is 18.0. The first-order valence-corrected chi connectivity index (χ1v) is 10.8. The maximum Gasteiger partial charge on any atom is 0.339 e. The summed E-state index contributed by atoms with van der Waals surface area (Å²) in [6, 6.07) is 9.48. The quantitative estimate of drug-likeness (QED) is 0.428. The Bertz CT molecular complexity index is 1080. The van der Waals surface area contributed by atoms with Gasteiger partial charge in [-0.2, -0.15) is 5.06 Å². The van der Waals surface area contributed by atoms with Gasteiger partial charge in [0.05, 0.1) is 12.2 Å². The molecule has 0 saturated carbocycles. The standard InChI is InChI=1S/C24H25ClN4O2/c25-20-7-8-21-19(16-20)6-5-18-4-3-11-27-23(18)22(21)17-9-14-28(15-10-17)12-1-2-13-29(31)24(26)30/h3-4,7-8,11,16,31H,5-6,9-10,12-15H2,(H2,26,30). The zero-order chi connectivity index (χ0) is 21.8. The highest BCUT2D eigenvalue weighted by atomic mass is 35.5. The fraction of sp³-hybridized carbons (Fsp3) is 0.333. The van der Waals surface area contributed by atoms with Gasteiger partial charge in [0, 0.05) is 29.9 Å². The van der Waals surface area contributed by atoms with Crippen molar-refractivity contribution in [3.8, 4) is 11.8 Å². The van der Waals surface area contributed by atoms with Crippen LogP contribution in [-0.2, 0) is 12.8 Å². The number of rotatable bonds is 2. The highest BCUT2D eigenvalue weighted by Gasteiger charge is 2.24. The van der Waals surface area contributed by atoms with E-state index < -0.39 is 6.03 Å². The summed E-state index contributed by atoms with van der Waals surface area (Å²) in [6.07, 6.45) is 5.69. The number of fused-ring (bicyclic) bond motifs is 2. The van der Waals surface area contributed by atoms with Crippen LogP contribution in [0.4, 0.5) is 4.79 Å². The van der Waals surface area contributed by atoms with Gasteiger partial charge in [0.1, 0.15) is 6.54 Å². The lowest BCUT2D eigenvalue weighted by Crippen LogP contribution is -2.33. The summed E-state index contributed by atoms with van der Waals surface area (Å²) in [4.78, 5) is 17.9. The van der Waals surface area contributed by atoms with E-state index in [4.69, 9.17) is 22.3 Å². The average molecular weight is 437 g/mol. The highest BCUT2D eigenvalue weighted by molar-refractivity contribution is 6.30. The second-order valence-electron chi connectivity index (χ2n) is 7.82. The predicted molar refractivity (Wildman–Crippen MR) is 121 cm³/mol. The van der Waals surface area contributed by atoms with Gasteiger partial charge < -0.3 is 5.73 Å². The van der Waals surface area contributed by atoms with Crippen LogP contribution in [0.3, 0.4) is 0 Å². The maximum atomic E-state index is 10.8. The molecule has 6 nitrogen and oxygen atoms in total. The van der Waals surface area contributed by atoms with Crippen LogP contribution in [0.1, 0.15) is 35.2 Å². The molecule has 0 unspecified atom stereocenters. The molecule has 1 fully saturated rings. The number of aromatic nitrogens is 1. The molecule has 1 aromatic heterocycles. The minimum Gasteiger partial charge on any atom is -0.350 e. The topological polar surface area (TPSA) is 82.7 Å². The lowest BCUT2D eigenvalue weighted by Gasteiger charge is -2.29. The van der Waals surface area contributed by atoms with Crippen LogP contribution in [0, 0.1) is 11.8 Å². The average Bonchev–Trinajstić information content (AvgIpc) is 2.93. The number of benzene rings is 1. The smallest absolute Gasteiger partial charge is 0.339 e. The van der Waals surface area contributed by atoms with Crippen molar-refractivity contribution in [2.24, 2.45) is 5.73 Å². The molecule has 7 heteroatoms. The second-order valence-corrected chi connectivity index (χ2v) is 8.25. The lowest BCUT2D eigenvalue weighted by molar-refractivity contribution is -0.0269. The Morgan fingerprint density at radius 3 is 2.71 bits per heavy atom. The van der Waals surface area contributed by atoms with Gasteiger partial charge in [0.25, 0.3) is 0 Å². The Morgan fingerprint density at radius 1 is 1.16 bits per heavy atom. The Balaban J connectivity index is 1.55. The summed E-state index contributed by atoms with van der Waals surface area (Å²) < 4.78 is 0. The van der Waals surface area contributed by atoms with E-state index in [-0.39, 0.29) is 6.54 Å². The third-order valence-electron chi connectivity index (χ3n) is 5.85. The predicted octanol–water partition coefficient (Wildman–Crippen LogP) is 3.50. The first-order chi connectivity index (χ1) is 15.0. The van der Waals surface area contributed by atoms with Crippen LogP contribution in [0.15, 0.2) is 42.1 Å². The number of carbonyl (C=O) groups is 1. The number of amides is 2. The minimum atomic E-state index is -0.901. The van der Waals surface area contributed by atoms with Crippen LogP contribution in [-0.4, -0.2) is 52.4 Å². The third kappa shape index (κ3) is 4.91. The molecular formula is C24H25ClN4O2. The van der Waals surface area contributed by atoms with E-state index in [1.54, 1.807) is 0 Å². The third-order valence-corrected chi connectivity index (χ3v) is 6.09. The van der Waals surface area contributed by atoms with Crippen molar-refractivity contribution in [2.45, 2.75) is 25.7 Å². The number of pyridine rings is 1. The summed E-state index contributed by atoms with van der Waals surface area (Å²) in [6.45, 7) is 2.31. The van der Waals surface area contributed by atoms with Crippen LogP contribution in [0.2, 0.25) is 5.02 Å². The van der Waals surface area contributed by atoms with Crippen LogP contribution < -0.4 is 5.73 Å². The molecule has 4 rings (SSSR count). The fourth-order valence-electron chi connectivity index (χ4n) is 4.24. The largest absolute Gasteiger partial charge is 0.350 e. The molecule has 2 aromatic rings. The monoisotopic (exact) mass is 436 g/mol. The lowest BCUT2D eigenvalue weighted by atomic mass is 9.88. The molecule has 2 amide bonds. The molecule has 160 valence electrons. The van der Waals surface area contributed by atoms with E-state index in [2.05, 4.69) is 34.9 Å². The number of hydrogen-bond donors (Lipinski definition) is 2. The zero-order valence-electron chi connectivity index (χ0n) is 17.3. The molecule has 2 heterocycles. The number of hydrogen-bond acceptors (Lipinski definition) is 4. The number of carbonyl (C=O) groups excluding carboxylic acids is 1. The number of piperidine rings is 1. The molecule has 0 spiro atoms. The van der Waals surface area contributed by atoms with Crippen molar-refractivity contribution in [1.82, 2.24) is 14.9 Å². The van der Waals surface area contributed by atoms with Gasteiger partial charge in [-0.3, -0.25) is 15.1 Å². The molecule has 2 aliphatic rings. The van der Waals surface area contributed by atoms with Crippen LogP contribution >= 0.6 is 11.6 Å². The first-order valence-electron chi connectivity index (χ1n) is 10.4. The molecule has 31 heavy (non-hydrogen) atoms. The summed E-state index contributed by atoms with van der Waals surface area (Å²) in [5.41, 5.74) is 12.6. The molecule has 1 aliphatic carbocycles. The van der Waals surface area contributed by atoms with Crippen molar-refractivity contribution < 1.29 is 10.0 Å². The Morgan fingerprint density at radius 2 is 1.94 bits per heavy atom. The van der Waals surface area contributed by atoms with Gasteiger partial charge in [-0.15, -0.1) is 0 Å². The fourth-order valence-corrected chi connectivity index (χ4v) is 4.44. The Labute approximate surface area is 187 Å². The van der Waals surface area contributed by atoms with Gasteiger partial charge in [-0.25, -0.2) is 4.79 Å². The Kier molecular flexibility index (Phi) is 6.57. The second kappa shape index (κ2) is 9.52. The maximum absolute atomic E-state index is 10.8. The molecule has 1 saturated heterocycles. The number of urea groups is 1. The summed E-state index contributed by atoms with van der Waals surface area (Å²) in [7, 11) is 0. The number of likely N-dealkylation sites (tertiary alicyclic amines) is 1. The van der Waals surface area contributed by atoms with E-state index >= 15 is 0 Å². The van der Waals surface area contributed by atoms with Crippen molar-refractivity contribution in [3.05, 3.63) is 69.5 Å². The summed E-state index contributed by atoms with van der Waals surface area (Å²) >= 11 is 6.30. The van der Waals surface area contributed by atoms with E-state index in [9.17, 15) is 10.0 Å². The van der Waals surface area contributed by atoms with E-state index in [1.807, 2.05) is 18.3 Å². The van der Waals surface area contributed by atoms with Gasteiger partial charge in [-0.1, -0.05) is 41.1 Å². The van der Waals surface area contributed by atoms with E-state index in [0.717, 1.165) is 49.5 Å². The molecule has 0 bridgehead atoms. The SMILES string of the molecule is NC(=O)N(O)CC#CCN1CCC(=C2c3ccc(Cl)cc3CCc3cccnc32)CC1. The summed E-state index contributed by atoms with van der Waals surface area (Å²) in [5, 5.41) is 10.4. The number of nitrogens with two attached hydrogens (primary N) is 1. The summed E-state index contributed by atoms with van der Waals surface area (Å²) in [5.74, 6) is 5.78. The number of nitrogens with zero attached hydrogens (tertiary/aromatic N) is 3. The van der Waals surface area contributed by atoms with Gasteiger partial charge in [0.2, 0.25) is 0 Å². The van der Waals surface area contributed by atoms with Gasteiger partial charge in [0.15, 0.2) is 0 Å². The molecule has 0 radical (unpaired) electrons. The van der Waals surface area contributed by atoms with Gasteiger partial charge in [-0.05, 0) is 60.6 Å². The van der Waals surface area contributed by atoms with Crippen molar-refractivity contribution in [3.63, 3.8) is 0 Å². The molecule has 1 aliphatic heterocycles. The number of halogens is 1. The highest BCUT2D eigenvalue weighted by Crippen LogP contribution is 2.38. The molecular weight excluding hydrogens is 412 g/mol. The minimum absolute atomic E-state index is 0.0831. The molecule has 0 atom stereocenters. The van der Waals surface area contributed by atoms with E-state index in [1.165, 1.54) is 27.8 Å². The van der Waals surface area contributed by atoms with Crippen molar-refractivity contribution in [1.29, 1.82) is 0 Å². The van der Waals surface area contributed by atoms with Crippen LogP contribution in [0.25, 0.3) is 5.57 Å². The number of hydroxylamine groups is 2. The number of aryl methyl sites for hydroxylation is 2. The number of primary amides is 1. The van der Waals surface area contributed by atoms with E-state index in [0.29, 0.717) is 11.6 Å². The van der Waals surface area contributed by atoms with Crippen molar-refractivity contribution in [2.75, 3.05) is 26.2 Å². The van der Waals surface area contributed by atoms with Gasteiger partial charge >= 0.3 is 6.03 Å². The van der Waals surface area contributed by atoms with Crippen molar-refractivity contribution >= 4 is 23.2 Å². The first kappa shape index (κ1) is 21.4. The van der Waals surface area contributed by atoms with Crippen LogP contribution in [0.5, 0.6) is 0 Å².